The number of hydrogen-bond donors (Lipinski definition) is 2. The summed E-state index contributed by atoms with van der Waals surface area (Å²) in [6.45, 7) is 6.55. The summed E-state index contributed by atoms with van der Waals surface area (Å²) < 4.78 is 1.93. The molecule has 0 saturated carbocycles. The molecule has 0 aliphatic carbocycles. The molecule has 0 spiro atoms. The molecule has 1 unspecified atom stereocenters. The van der Waals surface area contributed by atoms with Crippen LogP contribution >= 0.6 is 0 Å². The molecule has 1 aromatic carbocycles. The predicted molar refractivity (Wildman–Crippen MR) is 80.3 cm³/mol. The Balaban J connectivity index is 2.12. The van der Waals surface area contributed by atoms with Crippen LogP contribution in [0.5, 0.6) is 0 Å². The molecule has 1 heterocycles. The van der Waals surface area contributed by atoms with Gasteiger partial charge in [-0.25, -0.2) is 0 Å². The average Bonchev–Trinajstić information content (AvgIpc) is 2.80. The van der Waals surface area contributed by atoms with Crippen molar-refractivity contribution in [1.29, 1.82) is 0 Å². The number of amides is 1. The van der Waals surface area contributed by atoms with Gasteiger partial charge in [-0.1, -0.05) is 19.9 Å². The number of fused-ring (bicyclic) bond motifs is 1. The van der Waals surface area contributed by atoms with Gasteiger partial charge in [-0.2, -0.15) is 0 Å². The fraction of sp³-hybridized carbons (Fsp3) is 0.438. The van der Waals surface area contributed by atoms with Crippen LogP contribution in [0, 0.1) is 5.92 Å². The summed E-state index contributed by atoms with van der Waals surface area (Å²) in [5.74, 6) is 0.447. The van der Waals surface area contributed by atoms with E-state index >= 15 is 0 Å². The average molecular weight is 274 g/mol. The number of aromatic nitrogens is 1. The zero-order valence-electron chi connectivity index (χ0n) is 12.3. The first kappa shape index (κ1) is 14.6. The Morgan fingerprint density at radius 1 is 1.30 bits per heavy atom. The van der Waals surface area contributed by atoms with Crippen molar-refractivity contribution in [3.8, 4) is 0 Å². The Morgan fingerprint density at radius 3 is 2.70 bits per heavy atom. The third-order valence-corrected chi connectivity index (χ3v) is 3.72. The Bertz CT molecular complexity index is 602. The van der Waals surface area contributed by atoms with E-state index in [0.29, 0.717) is 12.5 Å². The minimum atomic E-state index is 0.0231. The van der Waals surface area contributed by atoms with Crippen molar-refractivity contribution in [3.63, 3.8) is 0 Å². The second-order valence-corrected chi connectivity index (χ2v) is 5.60. The zero-order valence-corrected chi connectivity index (χ0v) is 12.3. The Kier molecular flexibility index (Phi) is 4.45. The predicted octanol–water partition coefficient (Wildman–Crippen LogP) is 2.29. The van der Waals surface area contributed by atoms with Gasteiger partial charge < -0.3 is 15.0 Å². The van der Waals surface area contributed by atoms with Crippen LogP contribution in [-0.2, 0) is 17.9 Å². The SMILES string of the molecule is CC(C)C(C)NC(=O)Cn1ccc2cc(CO)ccc21. The maximum atomic E-state index is 12.0. The van der Waals surface area contributed by atoms with Gasteiger partial charge in [0.2, 0.25) is 5.91 Å². The highest BCUT2D eigenvalue weighted by Crippen LogP contribution is 2.17. The molecule has 2 rings (SSSR count). The van der Waals surface area contributed by atoms with Gasteiger partial charge in [-0.3, -0.25) is 4.79 Å². The second-order valence-electron chi connectivity index (χ2n) is 5.60. The molecule has 1 aromatic heterocycles. The van der Waals surface area contributed by atoms with Gasteiger partial charge in [0.1, 0.15) is 6.54 Å². The number of carbonyl (C=O) groups excluding carboxylic acids is 1. The molecule has 1 amide bonds. The van der Waals surface area contributed by atoms with Crippen LogP contribution in [0.25, 0.3) is 10.9 Å². The van der Waals surface area contributed by atoms with Crippen molar-refractivity contribution in [1.82, 2.24) is 9.88 Å². The molecule has 0 fully saturated rings. The summed E-state index contributed by atoms with van der Waals surface area (Å²) in [4.78, 5) is 12.0. The lowest BCUT2D eigenvalue weighted by atomic mass is 10.1. The van der Waals surface area contributed by atoms with E-state index in [4.69, 9.17) is 5.11 Å². The molecular weight excluding hydrogens is 252 g/mol. The highest BCUT2D eigenvalue weighted by molar-refractivity contribution is 5.83. The topological polar surface area (TPSA) is 54.3 Å². The summed E-state index contributed by atoms with van der Waals surface area (Å²) in [6, 6.07) is 7.91. The number of aliphatic hydroxyl groups is 1. The number of aliphatic hydroxyl groups excluding tert-OH is 1. The van der Waals surface area contributed by atoms with E-state index in [-0.39, 0.29) is 18.6 Å². The van der Waals surface area contributed by atoms with E-state index in [1.807, 2.05) is 42.0 Å². The molecule has 0 aliphatic heterocycles. The van der Waals surface area contributed by atoms with Crippen LogP contribution < -0.4 is 5.32 Å². The highest BCUT2D eigenvalue weighted by atomic mass is 16.3. The number of rotatable bonds is 5. The van der Waals surface area contributed by atoms with Crippen molar-refractivity contribution < 1.29 is 9.90 Å². The summed E-state index contributed by atoms with van der Waals surface area (Å²) >= 11 is 0. The fourth-order valence-electron chi connectivity index (χ4n) is 2.11. The Morgan fingerprint density at radius 2 is 2.05 bits per heavy atom. The van der Waals surface area contributed by atoms with Gasteiger partial charge in [0.15, 0.2) is 0 Å². The largest absolute Gasteiger partial charge is 0.392 e. The first-order valence-electron chi connectivity index (χ1n) is 6.99. The van der Waals surface area contributed by atoms with Crippen molar-refractivity contribution >= 4 is 16.8 Å². The molecule has 1 atom stereocenters. The fourth-order valence-corrected chi connectivity index (χ4v) is 2.11. The lowest BCUT2D eigenvalue weighted by Crippen LogP contribution is -2.38. The molecule has 4 heteroatoms. The molecule has 0 bridgehead atoms. The minimum absolute atomic E-state index is 0.0231. The Hall–Kier alpha value is -1.81. The van der Waals surface area contributed by atoms with Gasteiger partial charge in [0.25, 0.3) is 0 Å². The van der Waals surface area contributed by atoms with Gasteiger partial charge in [-0.05, 0) is 42.0 Å². The molecule has 0 aliphatic rings. The molecule has 108 valence electrons. The van der Waals surface area contributed by atoms with Crippen molar-refractivity contribution in [2.24, 2.45) is 5.92 Å². The van der Waals surface area contributed by atoms with E-state index in [1.54, 1.807) is 0 Å². The third kappa shape index (κ3) is 3.20. The summed E-state index contributed by atoms with van der Waals surface area (Å²) in [6.07, 6.45) is 1.91. The standard InChI is InChI=1S/C16H22N2O2/c1-11(2)12(3)17-16(20)9-18-7-6-14-8-13(10-19)4-5-15(14)18/h4-8,11-12,19H,9-10H2,1-3H3,(H,17,20). The normalized spacial score (nSPS) is 12.8. The van der Waals surface area contributed by atoms with E-state index < -0.39 is 0 Å². The van der Waals surface area contributed by atoms with Gasteiger partial charge in [-0.15, -0.1) is 0 Å². The highest BCUT2D eigenvalue weighted by Gasteiger charge is 2.12. The molecule has 2 aromatic rings. The summed E-state index contributed by atoms with van der Waals surface area (Å²) in [5.41, 5.74) is 1.89. The molecule has 0 radical (unpaired) electrons. The van der Waals surface area contributed by atoms with Crippen molar-refractivity contribution in [2.45, 2.75) is 40.0 Å². The summed E-state index contributed by atoms with van der Waals surface area (Å²) in [7, 11) is 0. The van der Waals surface area contributed by atoms with Crippen LogP contribution in [0.2, 0.25) is 0 Å². The second kappa shape index (κ2) is 6.09. The Labute approximate surface area is 119 Å². The number of nitrogens with one attached hydrogen (secondary N) is 1. The molecule has 0 saturated heterocycles. The van der Waals surface area contributed by atoms with E-state index in [0.717, 1.165) is 16.5 Å². The molecule has 2 N–H and O–H groups in total. The van der Waals surface area contributed by atoms with E-state index in [9.17, 15) is 4.79 Å². The minimum Gasteiger partial charge on any atom is -0.392 e. The molecule has 20 heavy (non-hydrogen) atoms. The maximum Gasteiger partial charge on any atom is 0.240 e. The van der Waals surface area contributed by atoms with Crippen LogP contribution in [0.15, 0.2) is 30.5 Å². The zero-order chi connectivity index (χ0) is 14.7. The van der Waals surface area contributed by atoms with Gasteiger partial charge >= 0.3 is 0 Å². The maximum absolute atomic E-state index is 12.0. The number of benzene rings is 1. The number of carbonyl (C=O) groups is 1. The van der Waals surface area contributed by atoms with Crippen molar-refractivity contribution in [3.05, 3.63) is 36.0 Å². The smallest absolute Gasteiger partial charge is 0.240 e. The summed E-state index contributed by atoms with van der Waals surface area (Å²) in [5, 5.41) is 13.2. The van der Waals surface area contributed by atoms with Gasteiger partial charge in [0.05, 0.1) is 6.61 Å². The quantitative estimate of drug-likeness (QED) is 0.879. The first-order valence-corrected chi connectivity index (χ1v) is 6.99. The van der Waals surface area contributed by atoms with Crippen LogP contribution in [0.3, 0.4) is 0 Å². The first-order chi connectivity index (χ1) is 9.51. The monoisotopic (exact) mass is 274 g/mol. The third-order valence-electron chi connectivity index (χ3n) is 3.72. The number of nitrogens with zero attached hydrogens (tertiary/aromatic N) is 1. The van der Waals surface area contributed by atoms with Crippen LogP contribution in [0.1, 0.15) is 26.3 Å². The molecule has 4 nitrogen and oxygen atoms in total. The van der Waals surface area contributed by atoms with Gasteiger partial charge in [0, 0.05) is 17.8 Å². The lowest BCUT2D eigenvalue weighted by molar-refractivity contribution is -0.122. The van der Waals surface area contributed by atoms with Crippen molar-refractivity contribution in [2.75, 3.05) is 0 Å². The van der Waals surface area contributed by atoms with E-state index in [2.05, 4.69) is 19.2 Å². The van der Waals surface area contributed by atoms with Crippen LogP contribution in [-0.4, -0.2) is 21.6 Å². The van der Waals surface area contributed by atoms with E-state index in [1.165, 1.54) is 0 Å². The van der Waals surface area contributed by atoms with Crippen LogP contribution in [0.4, 0.5) is 0 Å². The molecular formula is C16H22N2O2. The number of hydrogen-bond acceptors (Lipinski definition) is 2. The lowest BCUT2D eigenvalue weighted by Gasteiger charge is -2.17.